The molecule has 19 heavy (non-hydrogen) atoms. The Morgan fingerprint density at radius 3 is 2.68 bits per heavy atom. The fraction of sp³-hybridized carbons (Fsp3) is 0.200. The van der Waals surface area contributed by atoms with E-state index >= 15 is 0 Å². The molecule has 0 aliphatic rings. The van der Waals surface area contributed by atoms with Crippen LogP contribution in [-0.4, -0.2) is 10.1 Å². The average molecular weight is 271 g/mol. The van der Waals surface area contributed by atoms with Crippen molar-refractivity contribution in [1.29, 1.82) is 0 Å². The lowest BCUT2D eigenvalue weighted by Crippen LogP contribution is -2.28. The van der Waals surface area contributed by atoms with E-state index in [2.05, 4.69) is 40.7 Å². The second-order valence-electron chi connectivity index (χ2n) is 4.46. The lowest BCUT2D eigenvalue weighted by atomic mass is 10.1. The molecular formula is C15H17N3S. The van der Waals surface area contributed by atoms with Gasteiger partial charge in [0.25, 0.3) is 0 Å². The number of hydrogen-bond acceptors (Lipinski definition) is 2. The fourth-order valence-corrected chi connectivity index (χ4v) is 1.95. The zero-order valence-electron chi connectivity index (χ0n) is 11.1. The lowest BCUT2D eigenvalue weighted by Gasteiger charge is -2.10. The number of nitrogens with one attached hydrogen (secondary N) is 2. The Hall–Kier alpha value is -1.94. The number of aromatic nitrogens is 1. The Morgan fingerprint density at radius 1 is 1.16 bits per heavy atom. The topological polar surface area (TPSA) is 37.0 Å². The molecule has 4 heteroatoms. The standard InChI is InChI=1S/C15H17N3S/c1-11-5-3-7-13(9-11)10-16-15(19)18-14-8-4-6-12(2)17-14/h3-9H,10H2,1-2H3,(H2,16,17,18,19). The normalized spacial score (nSPS) is 10.0. The summed E-state index contributed by atoms with van der Waals surface area (Å²) in [5.41, 5.74) is 3.42. The summed E-state index contributed by atoms with van der Waals surface area (Å²) in [4.78, 5) is 4.34. The van der Waals surface area contributed by atoms with Gasteiger partial charge in [-0.15, -0.1) is 0 Å². The first-order chi connectivity index (χ1) is 9.13. The number of anilines is 1. The van der Waals surface area contributed by atoms with Crippen molar-refractivity contribution in [2.75, 3.05) is 5.32 Å². The monoisotopic (exact) mass is 271 g/mol. The van der Waals surface area contributed by atoms with Crippen LogP contribution < -0.4 is 10.6 Å². The Labute approximate surface area is 119 Å². The molecule has 0 radical (unpaired) electrons. The van der Waals surface area contributed by atoms with Gasteiger partial charge in [0.15, 0.2) is 5.11 Å². The molecule has 2 rings (SSSR count). The van der Waals surface area contributed by atoms with Gasteiger partial charge in [-0.3, -0.25) is 0 Å². The molecule has 2 aromatic rings. The van der Waals surface area contributed by atoms with Crippen LogP contribution in [0.5, 0.6) is 0 Å². The smallest absolute Gasteiger partial charge is 0.172 e. The van der Waals surface area contributed by atoms with Crippen LogP contribution in [0, 0.1) is 13.8 Å². The van der Waals surface area contributed by atoms with Gasteiger partial charge < -0.3 is 10.6 Å². The molecule has 98 valence electrons. The molecular weight excluding hydrogens is 254 g/mol. The number of aryl methyl sites for hydroxylation is 2. The highest BCUT2D eigenvalue weighted by Crippen LogP contribution is 2.05. The Bertz CT molecular complexity index is 581. The second kappa shape index (κ2) is 6.29. The van der Waals surface area contributed by atoms with Crippen LogP contribution in [0.1, 0.15) is 16.8 Å². The largest absolute Gasteiger partial charge is 0.358 e. The molecule has 0 saturated heterocycles. The van der Waals surface area contributed by atoms with Crippen molar-refractivity contribution in [3.05, 3.63) is 59.3 Å². The molecule has 0 saturated carbocycles. The molecule has 2 N–H and O–H groups in total. The van der Waals surface area contributed by atoms with Crippen LogP contribution in [0.25, 0.3) is 0 Å². The van der Waals surface area contributed by atoms with E-state index in [0.717, 1.165) is 11.5 Å². The number of pyridine rings is 1. The number of benzene rings is 1. The van der Waals surface area contributed by atoms with Crippen LogP contribution >= 0.6 is 12.2 Å². The third-order valence-corrected chi connectivity index (χ3v) is 2.91. The van der Waals surface area contributed by atoms with Gasteiger partial charge in [0.1, 0.15) is 5.82 Å². The van der Waals surface area contributed by atoms with Crippen LogP contribution in [-0.2, 0) is 6.54 Å². The maximum absolute atomic E-state index is 5.25. The molecule has 1 heterocycles. The summed E-state index contributed by atoms with van der Waals surface area (Å²) in [7, 11) is 0. The summed E-state index contributed by atoms with van der Waals surface area (Å²) >= 11 is 5.25. The van der Waals surface area contributed by atoms with Gasteiger partial charge in [-0.2, -0.15) is 0 Å². The first kappa shape index (κ1) is 13.5. The van der Waals surface area contributed by atoms with Gasteiger partial charge in [-0.05, 0) is 43.8 Å². The molecule has 0 unspecified atom stereocenters. The molecule has 1 aromatic carbocycles. The summed E-state index contributed by atoms with van der Waals surface area (Å²) in [6, 6.07) is 14.1. The van der Waals surface area contributed by atoms with Gasteiger partial charge in [0, 0.05) is 12.2 Å². The maximum Gasteiger partial charge on any atom is 0.172 e. The van der Waals surface area contributed by atoms with Gasteiger partial charge in [-0.1, -0.05) is 35.9 Å². The molecule has 0 spiro atoms. The summed E-state index contributed by atoms with van der Waals surface area (Å²) < 4.78 is 0. The number of thiocarbonyl (C=S) groups is 1. The highest BCUT2D eigenvalue weighted by atomic mass is 32.1. The first-order valence-electron chi connectivity index (χ1n) is 6.17. The average Bonchev–Trinajstić information content (AvgIpc) is 2.36. The maximum atomic E-state index is 5.25. The van der Waals surface area contributed by atoms with E-state index in [4.69, 9.17) is 12.2 Å². The van der Waals surface area contributed by atoms with E-state index in [-0.39, 0.29) is 0 Å². The van der Waals surface area contributed by atoms with E-state index in [0.29, 0.717) is 11.7 Å². The molecule has 0 aliphatic carbocycles. The first-order valence-corrected chi connectivity index (χ1v) is 6.58. The summed E-state index contributed by atoms with van der Waals surface area (Å²) in [5.74, 6) is 0.766. The van der Waals surface area contributed by atoms with Crippen LogP contribution in [0.2, 0.25) is 0 Å². The van der Waals surface area contributed by atoms with Crippen molar-refractivity contribution in [3.63, 3.8) is 0 Å². The third-order valence-electron chi connectivity index (χ3n) is 2.67. The van der Waals surface area contributed by atoms with E-state index in [1.165, 1.54) is 11.1 Å². The fourth-order valence-electron chi connectivity index (χ4n) is 1.78. The number of rotatable bonds is 3. The summed E-state index contributed by atoms with van der Waals surface area (Å²) in [5, 5.41) is 6.83. The van der Waals surface area contributed by atoms with Gasteiger partial charge >= 0.3 is 0 Å². The molecule has 0 fully saturated rings. The van der Waals surface area contributed by atoms with Crippen molar-refractivity contribution in [1.82, 2.24) is 10.3 Å². The zero-order valence-corrected chi connectivity index (χ0v) is 11.9. The predicted octanol–water partition coefficient (Wildman–Crippen LogP) is 3.19. The van der Waals surface area contributed by atoms with Crippen molar-refractivity contribution in [2.24, 2.45) is 0 Å². The SMILES string of the molecule is Cc1cccc(CNC(=S)Nc2cccc(C)n2)c1. The summed E-state index contributed by atoms with van der Waals surface area (Å²) in [6.45, 7) is 4.74. The van der Waals surface area contributed by atoms with E-state index in [9.17, 15) is 0 Å². The van der Waals surface area contributed by atoms with Crippen molar-refractivity contribution >= 4 is 23.1 Å². The molecule has 1 aromatic heterocycles. The van der Waals surface area contributed by atoms with Gasteiger partial charge in [0.05, 0.1) is 0 Å². The number of nitrogens with zero attached hydrogens (tertiary/aromatic N) is 1. The Morgan fingerprint density at radius 2 is 1.95 bits per heavy atom. The van der Waals surface area contributed by atoms with E-state index < -0.39 is 0 Å². The summed E-state index contributed by atoms with van der Waals surface area (Å²) in [6.07, 6.45) is 0. The highest BCUT2D eigenvalue weighted by molar-refractivity contribution is 7.80. The zero-order chi connectivity index (χ0) is 13.7. The molecule has 0 atom stereocenters. The van der Waals surface area contributed by atoms with Gasteiger partial charge in [0.2, 0.25) is 0 Å². The highest BCUT2D eigenvalue weighted by Gasteiger charge is 1.99. The van der Waals surface area contributed by atoms with Crippen LogP contribution in [0.3, 0.4) is 0 Å². The molecule has 0 amide bonds. The minimum Gasteiger partial charge on any atom is -0.358 e. The van der Waals surface area contributed by atoms with Crippen molar-refractivity contribution < 1.29 is 0 Å². The molecule has 0 aliphatic heterocycles. The minimum absolute atomic E-state index is 0.583. The van der Waals surface area contributed by atoms with Gasteiger partial charge in [-0.25, -0.2) is 4.98 Å². The minimum atomic E-state index is 0.583. The Balaban J connectivity index is 1.88. The predicted molar refractivity (Wildman–Crippen MR) is 83.2 cm³/mol. The second-order valence-corrected chi connectivity index (χ2v) is 4.87. The van der Waals surface area contributed by atoms with Crippen LogP contribution in [0.4, 0.5) is 5.82 Å². The van der Waals surface area contributed by atoms with Crippen molar-refractivity contribution in [3.8, 4) is 0 Å². The third kappa shape index (κ3) is 4.34. The van der Waals surface area contributed by atoms with E-state index in [1.807, 2.05) is 31.2 Å². The van der Waals surface area contributed by atoms with E-state index in [1.54, 1.807) is 0 Å². The molecule has 0 bridgehead atoms. The number of hydrogen-bond donors (Lipinski definition) is 2. The lowest BCUT2D eigenvalue weighted by molar-refractivity contribution is 0.922. The Kier molecular flexibility index (Phi) is 4.47. The molecule has 3 nitrogen and oxygen atoms in total. The van der Waals surface area contributed by atoms with Crippen molar-refractivity contribution in [2.45, 2.75) is 20.4 Å². The van der Waals surface area contributed by atoms with Crippen LogP contribution in [0.15, 0.2) is 42.5 Å². The quantitative estimate of drug-likeness (QED) is 0.841.